The normalized spacial score (nSPS) is 12.5. The second-order valence-electron chi connectivity index (χ2n) is 23.9. The molecular weight excluding hydrogens is 1040 g/mol. The van der Waals surface area contributed by atoms with E-state index in [0.29, 0.717) is 0 Å². The van der Waals surface area contributed by atoms with Gasteiger partial charge in [0.2, 0.25) is 0 Å². The van der Waals surface area contributed by atoms with Crippen LogP contribution in [-0.4, -0.2) is 0 Å². The highest BCUT2D eigenvalue weighted by Gasteiger charge is 2.23. The minimum atomic E-state index is 1.10. The van der Waals surface area contributed by atoms with Gasteiger partial charge in [-0.3, -0.25) is 0 Å². The van der Waals surface area contributed by atoms with Crippen molar-refractivity contribution in [1.29, 1.82) is 0 Å². The van der Waals surface area contributed by atoms with Gasteiger partial charge in [-0.1, -0.05) is 240 Å². The Kier molecular flexibility index (Phi) is 14.6. The molecule has 0 aromatic heterocycles. The van der Waals surface area contributed by atoms with E-state index in [9.17, 15) is 0 Å². The zero-order valence-corrected chi connectivity index (χ0v) is 49.9. The van der Waals surface area contributed by atoms with Gasteiger partial charge in [0, 0.05) is 33.5 Å². The van der Waals surface area contributed by atoms with Crippen LogP contribution in [0.1, 0.15) is 98.9 Å². The molecule has 0 spiro atoms. The number of benzene rings is 13. The van der Waals surface area contributed by atoms with Gasteiger partial charge in [0.05, 0.1) is 11.4 Å². The van der Waals surface area contributed by atoms with Gasteiger partial charge in [-0.05, 0) is 216 Å². The third kappa shape index (κ3) is 10.7. The third-order valence-electron chi connectivity index (χ3n) is 17.8. The first-order chi connectivity index (χ1) is 42.1. The van der Waals surface area contributed by atoms with Crippen molar-refractivity contribution < 1.29 is 0 Å². The van der Waals surface area contributed by atoms with Gasteiger partial charge in [0.15, 0.2) is 0 Å². The van der Waals surface area contributed by atoms with Crippen molar-refractivity contribution in [2.24, 2.45) is 0 Å². The fourth-order valence-corrected chi connectivity index (χ4v) is 13.1. The first-order valence-corrected chi connectivity index (χ1v) is 30.7. The van der Waals surface area contributed by atoms with Crippen molar-refractivity contribution in [3.8, 4) is 0 Å². The molecule has 0 bridgehead atoms. The quantitative estimate of drug-likeness (QED) is 0.0645. The molecule has 2 nitrogen and oxygen atoms in total. The largest absolute Gasteiger partial charge is 0.310 e. The van der Waals surface area contributed by atoms with Crippen LogP contribution in [0.4, 0.5) is 34.1 Å². The Morgan fingerprint density at radius 2 is 0.570 bits per heavy atom. The molecule has 1 saturated carbocycles. The number of aryl methyl sites for hydroxylation is 5. The summed E-state index contributed by atoms with van der Waals surface area (Å²) in [6.45, 7) is 10.8. The van der Waals surface area contributed by atoms with Crippen molar-refractivity contribution in [1.82, 2.24) is 0 Å². The molecule has 13 aromatic carbocycles. The summed E-state index contributed by atoms with van der Waals surface area (Å²) in [5.41, 5.74) is 25.3. The van der Waals surface area contributed by atoms with E-state index >= 15 is 0 Å². The maximum atomic E-state index is 2.47. The van der Waals surface area contributed by atoms with Crippen molar-refractivity contribution in [2.75, 3.05) is 9.80 Å². The Hall–Kier alpha value is -10.0. The Balaban J connectivity index is 0.888. The lowest BCUT2D eigenvalue weighted by atomic mass is 9.88. The van der Waals surface area contributed by atoms with E-state index in [2.05, 4.69) is 317 Å². The van der Waals surface area contributed by atoms with Crippen molar-refractivity contribution in [2.45, 2.75) is 66.7 Å². The van der Waals surface area contributed by atoms with Crippen LogP contribution in [0.5, 0.6) is 0 Å². The summed E-state index contributed by atoms with van der Waals surface area (Å²) in [6.07, 6.45) is 13.4. The van der Waals surface area contributed by atoms with Crippen molar-refractivity contribution >= 4 is 107 Å². The van der Waals surface area contributed by atoms with Crippen molar-refractivity contribution in [3.63, 3.8) is 0 Å². The van der Waals surface area contributed by atoms with Crippen LogP contribution < -0.4 is 9.80 Å². The number of fused-ring (bicyclic) bond motifs is 2. The zero-order chi connectivity index (χ0) is 58.3. The number of allylic oxidation sites excluding steroid dienone is 1. The summed E-state index contributed by atoms with van der Waals surface area (Å²) in [7, 11) is 0. The topological polar surface area (TPSA) is 6.48 Å². The minimum absolute atomic E-state index is 1.10. The average Bonchev–Trinajstić information content (AvgIpc) is 0.778. The summed E-state index contributed by atoms with van der Waals surface area (Å²) in [6, 6.07) is 95.4. The third-order valence-corrected chi connectivity index (χ3v) is 17.8. The molecule has 0 N–H and O–H groups in total. The molecule has 416 valence electrons. The molecular formula is C84H70N2. The summed E-state index contributed by atoms with van der Waals surface area (Å²) < 4.78 is 0. The molecule has 86 heavy (non-hydrogen) atoms. The van der Waals surface area contributed by atoms with E-state index in [1.165, 1.54) is 142 Å². The summed E-state index contributed by atoms with van der Waals surface area (Å²) in [5.74, 6) is 0. The smallest absolute Gasteiger partial charge is 0.0540 e. The Morgan fingerprint density at radius 1 is 0.279 bits per heavy atom. The average molecular weight is 1110 g/mol. The van der Waals surface area contributed by atoms with Crippen molar-refractivity contribution in [3.05, 3.63) is 327 Å². The predicted octanol–water partition coefficient (Wildman–Crippen LogP) is 23.7. The van der Waals surface area contributed by atoms with Crippen LogP contribution in [-0.2, 0) is 0 Å². The molecule has 1 aliphatic rings. The first-order valence-electron chi connectivity index (χ1n) is 30.7. The SMILES string of the molecule is Cc1ccc(C(=Cc2ccc(N(c3ccc(C)cc3)c3ccc4c5cccc6c(N(c7ccc(C=C8CCCCC8)cc7)c7ccc(C=C(c8ccc(C)cc8)c8ccc(C)cc8)cc7)ccc(c7cccc3c74)c65)cc2)c2ccc(C)cc2)cc1. The molecule has 0 aliphatic heterocycles. The fraction of sp³-hybridized carbons (Fsp3) is 0.119. The predicted molar refractivity (Wildman–Crippen MR) is 371 cm³/mol. The van der Waals surface area contributed by atoms with E-state index < -0.39 is 0 Å². The second kappa shape index (κ2) is 23.2. The molecule has 0 heterocycles. The van der Waals surface area contributed by atoms with Crippen LogP contribution in [0, 0.1) is 34.6 Å². The van der Waals surface area contributed by atoms with E-state index in [-0.39, 0.29) is 0 Å². The van der Waals surface area contributed by atoms with E-state index in [1.54, 1.807) is 5.57 Å². The molecule has 13 aromatic rings. The molecule has 2 heteroatoms. The molecule has 0 amide bonds. The Labute approximate surface area is 507 Å². The molecule has 1 aliphatic carbocycles. The Bertz CT molecular complexity index is 4550. The van der Waals surface area contributed by atoms with Gasteiger partial charge >= 0.3 is 0 Å². The fourth-order valence-electron chi connectivity index (χ4n) is 13.1. The van der Waals surface area contributed by atoms with E-state index in [0.717, 1.165) is 45.3 Å². The van der Waals surface area contributed by atoms with Gasteiger partial charge in [-0.25, -0.2) is 0 Å². The summed E-state index contributed by atoms with van der Waals surface area (Å²) >= 11 is 0. The molecule has 1 fully saturated rings. The number of rotatable bonds is 13. The zero-order valence-electron chi connectivity index (χ0n) is 49.9. The van der Waals surface area contributed by atoms with Gasteiger partial charge in [0.1, 0.15) is 0 Å². The number of anilines is 6. The minimum Gasteiger partial charge on any atom is -0.310 e. The molecule has 0 saturated heterocycles. The highest BCUT2D eigenvalue weighted by atomic mass is 15.1. The summed E-state index contributed by atoms with van der Waals surface area (Å²) in [4.78, 5) is 4.91. The maximum Gasteiger partial charge on any atom is 0.0540 e. The number of nitrogens with zero attached hydrogens (tertiary/aromatic N) is 2. The lowest BCUT2D eigenvalue weighted by Gasteiger charge is -2.29. The van der Waals surface area contributed by atoms with Gasteiger partial charge in [0.25, 0.3) is 0 Å². The van der Waals surface area contributed by atoms with E-state index in [4.69, 9.17) is 0 Å². The van der Waals surface area contributed by atoms with Gasteiger partial charge in [-0.2, -0.15) is 0 Å². The first kappa shape index (κ1) is 54.0. The monoisotopic (exact) mass is 1110 g/mol. The van der Waals surface area contributed by atoms with Gasteiger partial charge in [-0.15, -0.1) is 0 Å². The lowest BCUT2D eigenvalue weighted by molar-refractivity contribution is 0.602. The van der Waals surface area contributed by atoms with Crippen LogP contribution in [0.25, 0.3) is 72.5 Å². The Morgan fingerprint density at radius 3 is 0.919 bits per heavy atom. The standard InChI is InChI=1S/C84H70N2/c1-56-17-33-65(34-18-56)79(66-35-19-57(2)20-36-66)54-63-29-45-71(46-30-63)85(69-41-25-60(5)26-42-69)81-51-49-75-74-14-10-16-78-82(52-50-76(84(74)78)73-13-9-15-77(81)83(73)75)86(70-43-27-62(28-44-70)53-61-11-7-6-8-12-61)72-47-31-64(32-48-72)55-80(67-37-21-58(3)22-38-67)68-39-23-59(4)24-40-68/h9-10,13-55H,6-8,11-12H2,1-5H3. The molecule has 0 atom stereocenters. The van der Waals surface area contributed by atoms with Crippen LogP contribution in [0.2, 0.25) is 0 Å². The molecule has 0 radical (unpaired) electrons. The van der Waals surface area contributed by atoms with E-state index in [1.807, 2.05) is 0 Å². The van der Waals surface area contributed by atoms with Crippen LogP contribution in [0.15, 0.2) is 260 Å². The van der Waals surface area contributed by atoms with Crippen LogP contribution in [0.3, 0.4) is 0 Å². The molecule has 0 unspecified atom stereocenters. The summed E-state index contributed by atoms with van der Waals surface area (Å²) in [5, 5.41) is 9.97. The molecule has 14 rings (SSSR count). The second-order valence-corrected chi connectivity index (χ2v) is 23.9. The highest BCUT2D eigenvalue weighted by Crippen LogP contribution is 2.49. The van der Waals surface area contributed by atoms with Crippen LogP contribution >= 0.6 is 0 Å². The highest BCUT2D eigenvalue weighted by molar-refractivity contribution is 6.35. The maximum absolute atomic E-state index is 2.47. The van der Waals surface area contributed by atoms with Gasteiger partial charge < -0.3 is 9.80 Å². The lowest BCUT2D eigenvalue weighted by Crippen LogP contribution is -2.11. The number of hydrogen-bond donors (Lipinski definition) is 0. The number of hydrogen-bond acceptors (Lipinski definition) is 2.